The smallest absolute Gasteiger partial charge is 0.0745 e. The Hall–Kier alpha value is -1.77. The predicted molar refractivity (Wildman–Crippen MR) is 81.4 cm³/mol. The summed E-state index contributed by atoms with van der Waals surface area (Å²) in [4.78, 5) is 6.89. The highest BCUT2D eigenvalue weighted by molar-refractivity contribution is 5.97. The van der Waals surface area contributed by atoms with E-state index >= 15 is 0 Å². The summed E-state index contributed by atoms with van der Waals surface area (Å²) in [5.74, 6) is 0.725. The SMILES string of the molecule is CC1CCC(C)N(c2c(N)cnc3ccccc23)C1. The van der Waals surface area contributed by atoms with E-state index in [0.29, 0.717) is 6.04 Å². The molecule has 1 aromatic carbocycles. The Morgan fingerprint density at radius 1 is 1.21 bits per heavy atom. The maximum Gasteiger partial charge on any atom is 0.0745 e. The number of nitrogens with zero attached hydrogens (tertiary/aromatic N) is 2. The van der Waals surface area contributed by atoms with Crippen molar-refractivity contribution in [2.45, 2.75) is 32.7 Å². The zero-order valence-corrected chi connectivity index (χ0v) is 11.6. The fourth-order valence-electron chi connectivity index (χ4n) is 3.06. The Labute approximate surface area is 114 Å². The number of nitrogens with two attached hydrogens (primary N) is 1. The van der Waals surface area contributed by atoms with Crippen LogP contribution >= 0.6 is 0 Å². The molecule has 0 bridgehead atoms. The van der Waals surface area contributed by atoms with E-state index in [1.54, 1.807) is 6.20 Å². The van der Waals surface area contributed by atoms with Crippen LogP contribution < -0.4 is 10.6 Å². The minimum absolute atomic E-state index is 0.546. The second-order valence-electron chi connectivity index (χ2n) is 5.76. The molecule has 1 aliphatic rings. The van der Waals surface area contributed by atoms with Gasteiger partial charge in [0.2, 0.25) is 0 Å². The number of anilines is 2. The van der Waals surface area contributed by atoms with Crippen LogP contribution in [-0.2, 0) is 0 Å². The van der Waals surface area contributed by atoms with Gasteiger partial charge in [-0.2, -0.15) is 0 Å². The first kappa shape index (κ1) is 12.3. The summed E-state index contributed by atoms with van der Waals surface area (Å²) in [6, 6.07) is 8.81. The van der Waals surface area contributed by atoms with Crippen molar-refractivity contribution in [1.82, 2.24) is 4.98 Å². The molecule has 3 nitrogen and oxygen atoms in total. The Balaban J connectivity index is 2.15. The molecule has 19 heavy (non-hydrogen) atoms. The molecule has 1 fully saturated rings. The fraction of sp³-hybridized carbons (Fsp3) is 0.438. The lowest BCUT2D eigenvalue weighted by molar-refractivity contribution is 0.391. The average Bonchev–Trinajstić information content (AvgIpc) is 2.42. The van der Waals surface area contributed by atoms with E-state index in [4.69, 9.17) is 5.73 Å². The van der Waals surface area contributed by atoms with Gasteiger partial charge in [-0.25, -0.2) is 0 Å². The molecule has 2 heterocycles. The van der Waals surface area contributed by atoms with Gasteiger partial charge in [-0.05, 0) is 31.7 Å². The highest BCUT2D eigenvalue weighted by Crippen LogP contribution is 2.36. The van der Waals surface area contributed by atoms with Gasteiger partial charge in [0.25, 0.3) is 0 Å². The molecule has 2 atom stereocenters. The quantitative estimate of drug-likeness (QED) is 0.848. The zero-order valence-electron chi connectivity index (χ0n) is 11.6. The Morgan fingerprint density at radius 2 is 2.00 bits per heavy atom. The molecule has 3 rings (SSSR count). The monoisotopic (exact) mass is 255 g/mol. The zero-order chi connectivity index (χ0) is 13.4. The van der Waals surface area contributed by atoms with Gasteiger partial charge in [0, 0.05) is 18.0 Å². The minimum Gasteiger partial charge on any atom is -0.396 e. The van der Waals surface area contributed by atoms with E-state index in [1.807, 2.05) is 6.07 Å². The average molecular weight is 255 g/mol. The Kier molecular flexibility index (Phi) is 3.05. The van der Waals surface area contributed by atoms with Gasteiger partial charge in [-0.1, -0.05) is 25.1 Å². The molecule has 0 saturated carbocycles. The van der Waals surface area contributed by atoms with Crippen molar-refractivity contribution in [3.05, 3.63) is 30.5 Å². The maximum atomic E-state index is 6.22. The molecule has 2 N–H and O–H groups in total. The van der Waals surface area contributed by atoms with Crippen LogP contribution in [0.2, 0.25) is 0 Å². The number of rotatable bonds is 1. The van der Waals surface area contributed by atoms with Crippen LogP contribution in [0.3, 0.4) is 0 Å². The number of nitrogen functional groups attached to an aromatic ring is 1. The molecule has 0 aliphatic carbocycles. The van der Waals surface area contributed by atoms with Crippen LogP contribution in [0, 0.1) is 5.92 Å². The fourth-order valence-corrected chi connectivity index (χ4v) is 3.06. The maximum absolute atomic E-state index is 6.22. The van der Waals surface area contributed by atoms with Gasteiger partial charge in [-0.3, -0.25) is 4.98 Å². The van der Waals surface area contributed by atoms with Crippen molar-refractivity contribution < 1.29 is 0 Å². The summed E-state index contributed by atoms with van der Waals surface area (Å²) < 4.78 is 0. The van der Waals surface area contributed by atoms with Gasteiger partial charge in [0.05, 0.1) is 23.1 Å². The molecule has 2 unspecified atom stereocenters. The molecular formula is C16H21N3. The molecule has 1 aliphatic heterocycles. The van der Waals surface area contributed by atoms with Crippen molar-refractivity contribution in [2.75, 3.05) is 17.2 Å². The first-order valence-electron chi connectivity index (χ1n) is 7.06. The molecular weight excluding hydrogens is 234 g/mol. The van der Waals surface area contributed by atoms with Crippen molar-refractivity contribution in [2.24, 2.45) is 5.92 Å². The Morgan fingerprint density at radius 3 is 2.84 bits per heavy atom. The summed E-state index contributed by atoms with van der Waals surface area (Å²) in [5, 5.41) is 1.17. The summed E-state index contributed by atoms with van der Waals surface area (Å²) >= 11 is 0. The van der Waals surface area contributed by atoms with Gasteiger partial charge < -0.3 is 10.6 Å². The third-order valence-corrected chi connectivity index (χ3v) is 4.18. The predicted octanol–water partition coefficient (Wildman–Crippen LogP) is 3.44. The van der Waals surface area contributed by atoms with Gasteiger partial charge in [-0.15, -0.1) is 0 Å². The summed E-state index contributed by atoms with van der Waals surface area (Å²) in [6.45, 7) is 5.69. The third-order valence-electron chi connectivity index (χ3n) is 4.18. The number of hydrogen-bond acceptors (Lipinski definition) is 3. The van der Waals surface area contributed by atoms with Crippen molar-refractivity contribution in [1.29, 1.82) is 0 Å². The molecule has 0 amide bonds. The molecule has 1 saturated heterocycles. The van der Waals surface area contributed by atoms with Crippen LogP contribution in [0.15, 0.2) is 30.5 Å². The lowest BCUT2D eigenvalue weighted by Gasteiger charge is -2.39. The van der Waals surface area contributed by atoms with Crippen LogP contribution in [-0.4, -0.2) is 17.6 Å². The number of benzene rings is 1. The lowest BCUT2D eigenvalue weighted by Crippen LogP contribution is -2.41. The van der Waals surface area contributed by atoms with E-state index in [1.165, 1.54) is 23.9 Å². The van der Waals surface area contributed by atoms with E-state index < -0.39 is 0 Å². The van der Waals surface area contributed by atoms with Crippen LogP contribution in [0.5, 0.6) is 0 Å². The second kappa shape index (κ2) is 4.72. The molecule has 1 aromatic heterocycles. The van der Waals surface area contributed by atoms with E-state index in [2.05, 4.69) is 41.9 Å². The van der Waals surface area contributed by atoms with E-state index in [-0.39, 0.29) is 0 Å². The second-order valence-corrected chi connectivity index (χ2v) is 5.76. The highest BCUT2D eigenvalue weighted by atomic mass is 15.2. The number of piperidine rings is 1. The van der Waals surface area contributed by atoms with Gasteiger partial charge in [0.15, 0.2) is 0 Å². The highest BCUT2D eigenvalue weighted by Gasteiger charge is 2.25. The topological polar surface area (TPSA) is 42.1 Å². The summed E-state index contributed by atoms with van der Waals surface area (Å²) in [6.07, 6.45) is 4.33. The van der Waals surface area contributed by atoms with E-state index in [0.717, 1.165) is 23.7 Å². The largest absolute Gasteiger partial charge is 0.396 e. The number of aromatic nitrogens is 1. The van der Waals surface area contributed by atoms with Crippen molar-refractivity contribution in [3.8, 4) is 0 Å². The van der Waals surface area contributed by atoms with Crippen LogP contribution in [0.4, 0.5) is 11.4 Å². The first-order valence-corrected chi connectivity index (χ1v) is 7.06. The molecule has 0 spiro atoms. The van der Waals surface area contributed by atoms with Crippen molar-refractivity contribution >= 4 is 22.3 Å². The Bertz CT molecular complexity index is 594. The molecule has 2 aromatic rings. The molecule has 0 radical (unpaired) electrons. The third kappa shape index (κ3) is 2.14. The van der Waals surface area contributed by atoms with E-state index in [9.17, 15) is 0 Å². The standard InChI is InChI=1S/C16H21N3/c1-11-7-8-12(2)19(10-11)16-13-5-3-4-6-15(13)18-9-14(16)17/h3-6,9,11-12H,7-8,10,17H2,1-2H3. The van der Waals surface area contributed by atoms with Gasteiger partial charge in [0.1, 0.15) is 0 Å². The number of para-hydroxylation sites is 1. The first-order chi connectivity index (χ1) is 9.16. The molecule has 3 heteroatoms. The normalized spacial score (nSPS) is 23.8. The molecule has 100 valence electrons. The van der Waals surface area contributed by atoms with Gasteiger partial charge >= 0.3 is 0 Å². The van der Waals surface area contributed by atoms with Crippen LogP contribution in [0.25, 0.3) is 10.9 Å². The number of pyridine rings is 1. The van der Waals surface area contributed by atoms with Crippen molar-refractivity contribution in [3.63, 3.8) is 0 Å². The lowest BCUT2D eigenvalue weighted by atomic mass is 9.94. The minimum atomic E-state index is 0.546. The summed E-state index contributed by atoms with van der Waals surface area (Å²) in [7, 11) is 0. The number of hydrogen-bond donors (Lipinski definition) is 1. The summed E-state index contributed by atoms with van der Waals surface area (Å²) in [5.41, 5.74) is 9.21. The van der Waals surface area contributed by atoms with Crippen LogP contribution in [0.1, 0.15) is 26.7 Å². The number of fused-ring (bicyclic) bond motifs is 1.